The maximum Gasteiger partial charge on any atom is 0.339 e. The number of methoxy groups -OCH3 is 1. The average molecular weight is 300 g/mol. The molecule has 0 saturated carbocycles. The first-order chi connectivity index (χ1) is 9.29. The number of nitrogens with two attached hydrogens (primary N) is 1. The van der Waals surface area contributed by atoms with Gasteiger partial charge in [-0.3, -0.25) is 0 Å². The van der Waals surface area contributed by atoms with Crippen LogP contribution in [0.3, 0.4) is 0 Å². The molecule has 1 unspecified atom stereocenters. The second kappa shape index (κ2) is 6.83. The van der Waals surface area contributed by atoms with Crippen LogP contribution in [0.4, 0.5) is 0 Å². The van der Waals surface area contributed by atoms with Crippen LogP contribution in [0.25, 0.3) is 0 Å². The smallest absolute Gasteiger partial charge is 0.339 e. The van der Waals surface area contributed by atoms with E-state index in [0.29, 0.717) is 0 Å². The van der Waals surface area contributed by atoms with E-state index in [1.165, 1.54) is 19.2 Å². The Balaban J connectivity index is 3.01. The quantitative estimate of drug-likeness (QED) is 0.755. The van der Waals surface area contributed by atoms with Crippen LogP contribution >= 0.6 is 0 Å². The third-order valence-corrected chi connectivity index (χ3v) is 4.43. The maximum absolute atomic E-state index is 12.2. The zero-order valence-electron chi connectivity index (χ0n) is 11.8. The first-order valence-electron chi connectivity index (χ1n) is 6.22. The molecule has 0 aliphatic rings. The molecule has 7 heteroatoms. The summed E-state index contributed by atoms with van der Waals surface area (Å²) in [6.45, 7) is 3.91. The van der Waals surface area contributed by atoms with E-state index in [4.69, 9.17) is 5.73 Å². The van der Waals surface area contributed by atoms with E-state index >= 15 is 0 Å². The van der Waals surface area contributed by atoms with E-state index < -0.39 is 16.0 Å². The van der Waals surface area contributed by atoms with E-state index in [0.717, 1.165) is 0 Å². The molecule has 1 aromatic carbocycles. The number of ether oxygens (including phenoxy) is 1. The number of carbonyl (C=O) groups is 1. The third kappa shape index (κ3) is 4.03. The van der Waals surface area contributed by atoms with Crippen LogP contribution in [0.15, 0.2) is 29.2 Å². The van der Waals surface area contributed by atoms with E-state index in [-0.39, 0.29) is 29.0 Å². The number of nitrogens with one attached hydrogen (secondary N) is 1. The van der Waals surface area contributed by atoms with Crippen LogP contribution in [0.2, 0.25) is 0 Å². The van der Waals surface area contributed by atoms with Crippen molar-refractivity contribution in [1.82, 2.24) is 4.72 Å². The van der Waals surface area contributed by atoms with Gasteiger partial charge in [-0.1, -0.05) is 26.0 Å². The summed E-state index contributed by atoms with van der Waals surface area (Å²) in [5, 5.41) is 0. The minimum absolute atomic E-state index is 0.000573. The molecule has 0 radical (unpaired) electrons. The molecular formula is C13H20N2O4S. The molecule has 0 bridgehead atoms. The molecule has 1 aromatic rings. The lowest BCUT2D eigenvalue weighted by Gasteiger charge is -2.17. The van der Waals surface area contributed by atoms with Gasteiger partial charge in [-0.15, -0.1) is 0 Å². The fraction of sp³-hybridized carbons (Fsp3) is 0.462. The van der Waals surface area contributed by atoms with Gasteiger partial charge in [-0.25, -0.2) is 17.9 Å². The molecule has 6 nitrogen and oxygen atoms in total. The number of esters is 1. The number of hydrogen-bond acceptors (Lipinski definition) is 5. The molecule has 0 spiro atoms. The van der Waals surface area contributed by atoms with E-state index in [1.807, 2.05) is 13.8 Å². The maximum atomic E-state index is 12.2. The highest BCUT2D eigenvalue weighted by molar-refractivity contribution is 7.89. The van der Waals surface area contributed by atoms with Crippen molar-refractivity contribution in [2.75, 3.05) is 13.7 Å². The van der Waals surface area contributed by atoms with E-state index in [2.05, 4.69) is 9.46 Å². The van der Waals surface area contributed by atoms with Crippen molar-refractivity contribution in [2.45, 2.75) is 24.8 Å². The predicted molar refractivity (Wildman–Crippen MR) is 75.8 cm³/mol. The number of hydrogen-bond donors (Lipinski definition) is 2. The Hall–Kier alpha value is -1.44. The van der Waals surface area contributed by atoms with Crippen molar-refractivity contribution in [1.29, 1.82) is 0 Å². The standard InChI is InChI=1S/C13H20N2O4S/c1-9(2)11(14)8-15-20(17,18)12-7-5-4-6-10(12)13(16)19-3/h4-7,9,11,15H,8,14H2,1-3H3. The Labute approximate surface area is 119 Å². The summed E-state index contributed by atoms with van der Waals surface area (Å²) in [5.74, 6) is -0.548. The largest absolute Gasteiger partial charge is 0.465 e. The van der Waals surface area contributed by atoms with Crippen LogP contribution in [0.5, 0.6) is 0 Å². The summed E-state index contributed by atoms with van der Waals surface area (Å²) in [4.78, 5) is 11.5. The van der Waals surface area contributed by atoms with Crippen molar-refractivity contribution in [2.24, 2.45) is 11.7 Å². The number of sulfonamides is 1. The number of carbonyl (C=O) groups excluding carboxylic acids is 1. The SMILES string of the molecule is COC(=O)c1ccccc1S(=O)(=O)NCC(N)C(C)C. The monoisotopic (exact) mass is 300 g/mol. The van der Waals surface area contributed by atoms with Crippen LogP contribution in [-0.2, 0) is 14.8 Å². The molecule has 1 rings (SSSR count). The van der Waals surface area contributed by atoms with Crippen molar-refractivity contribution in [3.63, 3.8) is 0 Å². The fourth-order valence-electron chi connectivity index (χ4n) is 1.50. The van der Waals surface area contributed by atoms with Gasteiger partial charge < -0.3 is 10.5 Å². The Morgan fingerprint density at radius 3 is 2.50 bits per heavy atom. The van der Waals surface area contributed by atoms with Crippen LogP contribution in [0.1, 0.15) is 24.2 Å². The molecule has 0 aliphatic carbocycles. The molecule has 1 atom stereocenters. The number of rotatable bonds is 6. The highest BCUT2D eigenvalue weighted by Gasteiger charge is 2.23. The Morgan fingerprint density at radius 2 is 1.95 bits per heavy atom. The molecule has 112 valence electrons. The topological polar surface area (TPSA) is 98.5 Å². The highest BCUT2D eigenvalue weighted by Crippen LogP contribution is 2.16. The minimum Gasteiger partial charge on any atom is -0.465 e. The van der Waals surface area contributed by atoms with Gasteiger partial charge in [0, 0.05) is 12.6 Å². The van der Waals surface area contributed by atoms with Gasteiger partial charge in [0.15, 0.2) is 0 Å². The lowest BCUT2D eigenvalue weighted by molar-refractivity contribution is 0.0596. The summed E-state index contributed by atoms with van der Waals surface area (Å²) in [5.41, 5.74) is 5.81. The van der Waals surface area contributed by atoms with Gasteiger partial charge in [-0.05, 0) is 18.1 Å². The first-order valence-corrected chi connectivity index (χ1v) is 7.70. The van der Waals surface area contributed by atoms with Crippen molar-refractivity contribution >= 4 is 16.0 Å². The summed E-state index contributed by atoms with van der Waals surface area (Å²) >= 11 is 0. The molecule has 0 aromatic heterocycles. The molecule has 0 aliphatic heterocycles. The number of benzene rings is 1. The lowest BCUT2D eigenvalue weighted by atomic mass is 10.1. The van der Waals surface area contributed by atoms with Gasteiger partial charge in [0.05, 0.1) is 17.6 Å². The molecule has 0 heterocycles. The minimum atomic E-state index is -3.81. The van der Waals surface area contributed by atoms with Crippen LogP contribution in [0, 0.1) is 5.92 Å². The molecule has 0 saturated heterocycles. The van der Waals surface area contributed by atoms with Gasteiger partial charge in [-0.2, -0.15) is 0 Å². The van der Waals surface area contributed by atoms with E-state index in [1.54, 1.807) is 12.1 Å². The molecule has 0 fully saturated rings. The molecule has 3 N–H and O–H groups in total. The lowest BCUT2D eigenvalue weighted by Crippen LogP contribution is -2.40. The second-order valence-electron chi connectivity index (χ2n) is 4.75. The predicted octanol–water partition coefficient (Wildman–Crippen LogP) is 0.735. The Bertz CT molecular complexity index is 569. The fourth-order valence-corrected chi connectivity index (χ4v) is 2.76. The van der Waals surface area contributed by atoms with Crippen molar-refractivity contribution in [3.8, 4) is 0 Å². The summed E-state index contributed by atoms with van der Waals surface area (Å²) in [6.07, 6.45) is 0. The zero-order chi connectivity index (χ0) is 15.3. The van der Waals surface area contributed by atoms with Crippen LogP contribution < -0.4 is 10.5 Å². The third-order valence-electron chi connectivity index (χ3n) is 2.95. The molecular weight excluding hydrogens is 280 g/mol. The second-order valence-corrected chi connectivity index (χ2v) is 6.48. The van der Waals surface area contributed by atoms with E-state index in [9.17, 15) is 13.2 Å². The van der Waals surface area contributed by atoms with Crippen molar-refractivity contribution in [3.05, 3.63) is 29.8 Å². The van der Waals surface area contributed by atoms with Crippen LogP contribution in [-0.4, -0.2) is 34.1 Å². The summed E-state index contributed by atoms with van der Waals surface area (Å²) < 4.78 is 31.4. The average Bonchev–Trinajstić information content (AvgIpc) is 2.43. The normalized spacial score (nSPS) is 13.2. The Kier molecular flexibility index (Phi) is 5.67. The summed E-state index contributed by atoms with van der Waals surface area (Å²) in [6, 6.07) is 5.59. The zero-order valence-corrected chi connectivity index (χ0v) is 12.6. The van der Waals surface area contributed by atoms with Gasteiger partial charge >= 0.3 is 5.97 Å². The van der Waals surface area contributed by atoms with Gasteiger partial charge in [0.2, 0.25) is 10.0 Å². The van der Waals surface area contributed by atoms with Gasteiger partial charge in [0.25, 0.3) is 0 Å². The molecule has 0 amide bonds. The van der Waals surface area contributed by atoms with Gasteiger partial charge in [0.1, 0.15) is 0 Å². The Morgan fingerprint density at radius 1 is 1.35 bits per heavy atom. The molecule has 20 heavy (non-hydrogen) atoms. The summed E-state index contributed by atoms with van der Waals surface area (Å²) in [7, 11) is -2.60. The first kappa shape index (κ1) is 16.6. The highest BCUT2D eigenvalue weighted by atomic mass is 32.2. The van der Waals surface area contributed by atoms with Crippen molar-refractivity contribution < 1.29 is 17.9 Å².